The number of amides is 1. The first-order valence-corrected chi connectivity index (χ1v) is 6.48. The molecule has 0 aliphatic heterocycles. The fraction of sp³-hybridized carbons (Fsp3) is 0.467. The third-order valence-corrected chi connectivity index (χ3v) is 3.35. The van der Waals surface area contributed by atoms with Crippen molar-refractivity contribution >= 4 is 17.6 Å². The van der Waals surface area contributed by atoms with Crippen molar-refractivity contribution in [2.45, 2.75) is 45.6 Å². The van der Waals surface area contributed by atoms with Crippen LogP contribution in [0.5, 0.6) is 0 Å². The van der Waals surface area contributed by atoms with Gasteiger partial charge in [0, 0.05) is 23.2 Å². The molecule has 0 heterocycles. The molecular weight excluding hydrogens is 242 g/mol. The zero-order valence-electron chi connectivity index (χ0n) is 11.5. The summed E-state index contributed by atoms with van der Waals surface area (Å²) in [5.41, 5.74) is 1.65. The van der Waals surface area contributed by atoms with Crippen LogP contribution in [0, 0.1) is 0 Å². The second kappa shape index (κ2) is 4.68. The quantitative estimate of drug-likeness (QED) is 0.777. The summed E-state index contributed by atoms with van der Waals surface area (Å²) in [6, 6.07) is 5.21. The Balaban J connectivity index is 2.46. The largest absolute Gasteiger partial charge is 0.530 e. The number of Topliss-reactive ketones (excluding diaryl/α,β-unsaturated/α-hetero) is 1. The van der Waals surface area contributed by atoms with Crippen molar-refractivity contribution in [1.29, 1.82) is 0 Å². The van der Waals surface area contributed by atoms with E-state index >= 15 is 0 Å². The molecule has 0 bridgehead atoms. The van der Waals surface area contributed by atoms with Crippen LogP contribution < -0.4 is 10.0 Å². The summed E-state index contributed by atoms with van der Waals surface area (Å²) in [6.45, 7) is 5.44. The lowest BCUT2D eigenvalue weighted by Gasteiger charge is -2.38. The molecule has 2 rings (SSSR count). The monoisotopic (exact) mass is 260 g/mol. The molecule has 0 radical (unpaired) electrons. The van der Waals surface area contributed by atoms with Gasteiger partial charge in [0.25, 0.3) is 0 Å². The summed E-state index contributed by atoms with van der Waals surface area (Å²) in [5, 5.41) is 11.3. The normalized spacial score (nSPS) is 15.0. The summed E-state index contributed by atoms with van der Waals surface area (Å²) in [4.78, 5) is 24.3. The Kier molecular flexibility index (Phi) is 3.35. The Bertz CT molecular complexity index is 529. The van der Waals surface area contributed by atoms with Gasteiger partial charge in [0.15, 0.2) is 5.78 Å². The van der Waals surface area contributed by atoms with E-state index in [1.807, 2.05) is 20.8 Å². The van der Waals surface area contributed by atoms with E-state index in [9.17, 15) is 14.7 Å². The second-order valence-corrected chi connectivity index (χ2v) is 5.89. The Morgan fingerprint density at radius 2 is 1.95 bits per heavy atom. The van der Waals surface area contributed by atoms with Gasteiger partial charge < -0.3 is 14.8 Å². The number of carboxylic acid groups (broad SMARTS) is 1. The van der Waals surface area contributed by atoms with Crippen LogP contribution in [0.25, 0.3) is 0 Å². The zero-order chi connectivity index (χ0) is 14.2. The van der Waals surface area contributed by atoms with Crippen LogP contribution in [-0.4, -0.2) is 17.4 Å². The first kappa shape index (κ1) is 13.6. The zero-order valence-corrected chi connectivity index (χ0v) is 11.5. The smallest absolute Gasteiger partial charge is 0.163 e. The molecule has 0 saturated heterocycles. The SMILES string of the molecule is CC(C)(C)N(C(=O)[O-])c1ccc2c(c1)CCCC2=O. The Hall–Kier alpha value is -1.84. The second-order valence-electron chi connectivity index (χ2n) is 5.89. The van der Waals surface area contributed by atoms with Crippen LogP contribution in [0.2, 0.25) is 0 Å². The number of benzene rings is 1. The summed E-state index contributed by atoms with van der Waals surface area (Å²) in [6.07, 6.45) is 1.00. The predicted molar refractivity (Wildman–Crippen MR) is 71.3 cm³/mol. The highest BCUT2D eigenvalue weighted by atomic mass is 16.4. The van der Waals surface area contributed by atoms with Gasteiger partial charge in [-0.3, -0.25) is 4.79 Å². The van der Waals surface area contributed by atoms with E-state index in [1.165, 1.54) is 4.90 Å². The van der Waals surface area contributed by atoms with Crippen molar-refractivity contribution in [1.82, 2.24) is 0 Å². The number of carbonyl (C=O) groups is 2. The molecule has 19 heavy (non-hydrogen) atoms. The van der Waals surface area contributed by atoms with Crippen molar-refractivity contribution in [3.8, 4) is 0 Å². The number of anilines is 1. The minimum Gasteiger partial charge on any atom is -0.530 e. The maximum absolute atomic E-state index is 11.8. The van der Waals surface area contributed by atoms with Crippen LogP contribution >= 0.6 is 0 Å². The van der Waals surface area contributed by atoms with Gasteiger partial charge in [-0.2, -0.15) is 0 Å². The fourth-order valence-corrected chi connectivity index (χ4v) is 2.54. The molecule has 0 aromatic heterocycles. The number of carbonyl (C=O) groups excluding carboxylic acids is 2. The molecule has 4 nitrogen and oxygen atoms in total. The minimum absolute atomic E-state index is 0.142. The van der Waals surface area contributed by atoms with Gasteiger partial charge in [0.1, 0.15) is 6.09 Å². The van der Waals surface area contributed by atoms with Crippen LogP contribution in [0.4, 0.5) is 10.5 Å². The molecule has 102 valence electrons. The van der Waals surface area contributed by atoms with E-state index in [-0.39, 0.29) is 5.78 Å². The first-order chi connectivity index (χ1) is 8.80. The molecule has 0 N–H and O–H groups in total. The number of hydrogen-bond acceptors (Lipinski definition) is 3. The highest BCUT2D eigenvalue weighted by Gasteiger charge is 2.25. The van der Waals surface area contributed by atoms with Crippen molar-refractivity contribution in [2.24, 2.45) is 0 Å². The van der Waals surface area contributed by atoms with Gasteiger partial charge in [0.05, 0.1) is 0 Å². The lowest BCUT2D eigenvalue weighted by Crippen LogP contribution is -2.52. The Morgan fingerprint density at radius 3 is 2.53 bits per heavy atom. The van der Waals surface area contributed by atoms with E-state index < -0.39 is 11.6 Å². The summed E-state index contributed by atoms with van der Waals surface area (Å²) in [7, 11) is 0. The number of hydrogen-bond donors (Lipinski definition) is 0. The molecule has 0 spiro atoms. The molecular formula is C15H18NO3-. The first-order valence-electron chi connectivity index (χ1n) is 6.48. The summed E-state index contributed by atoms with van der Waals surface area (Å²) >= 11 is 0. The van der Waals surface area contributed by atoms with E-state index in [0.717, 1.165) is 24.0 Å². The molecule has 1 aliphatic carbocycles. The third kappa shape index (κ3) is 2.62. The molecule has 1 aromatic carbocycles. The molecule has 1 aliphatic rings. The topological polar surface area (TPSA) is 60.4 Å². The molecule has 0 saturated carbocycles. The van der Waals surface area contributed by atoms with E-state index in [4.69, 9.17) is 0 Å². The van der Waals surface area contributed by atoms with Gasteiger partial charge in [0.2, 0.25) is 0 Å². The molecule has 0 unspecified atom stereocenters. The van der Waals surface area contributed by atoms with Gasteiger partial charge in [-0.05, 0) is 57.4 Å². The highest BCUT2D eigenvalue weighted by molar-refractivity contribution is 5.99. The van der Waals surface area contributed by atoms with Gasteiger partial charge in [-0.1, -0.05) is 0 Å². The Morgan fingerprint density at radius 1 is 1.26 bits per heavy atom. The number of ketones is 1. The van der Waals surface area contributed by atoms with Crippen LogP contribution in [0.1, 0.15) is 49.5 Å². The number of fused-ring (bicyclic) bond motifs is 1. The van der Waals surface area contributed by atoms with Gasteiger partial charge in [-0.15, -0.1) is 0 Å². The third-order valence-electron chi connectivity index (χ3n) is 3.35. The summed E-state index contributed by atoms with van der Waals surface area (Å²) < 4.78 is 0. The van der Waals surface area contributed by atoms with Gasteiger partial charge in [-0.25, -0.2) is 0 Å². The van der Waals surface area contributed by atoms with E-state index in [1.54, 1.807) is 18.2 Å². The van der Waals surface area contributed by atoms with Crippen LogP contribution in [0.15, 0.2) is 18.2 Å². The average molecular weight is 260 g/mol. The Labute approximate surface area is 113 Å². The van der Waals surface area contributed by atoms with Gasteiger partial charge >= 0.3 is 0 Å². The summed E-state index contributed by atoms with van der Waals surface area (Å²) in [5.74, 6) is 0.142. The van der Waals surface area contributed by atoms with Crippen molar-refractivity contribution in [2.75, 3.05) is 4.90 Å². The van der Waals surface area contributed by atoms with E-state index in [0.29, 0.717) is 12.1 Å². The minimum atomic E-state index is -1.23. The van der Waals surface area contributed by atoms with Crippen molar-refractivity contribution < 1.29 is 14.7 Å². The standard InChI is InChI=1S/C15H19NO3/c1-15(2,3)16(14(18)19)11-7-8-12-10(9-11)5-4-6-13(12)17/h7-9H,4-6H2,1-3H3,(H,18,19)/p-1. The lowest BCUT2D eigenvalue weighted by atomic mass is 9.90. The molecule has 0 fully saturated rings. The van der Waals surface area contributed by atoms with Crippen LogP contribution in [0.3, 0.4) is 0 Å². The predicted octanol–water partition coefficient (Wildman–Crippen LogP) is 2.15. The van der Waals surface area contributed by atoms with Crippen LogP contribution in [-0.2, 0) is 6.42 Å². The van der Waals surface area contributed by atoms with E-state index in [2.05, 4.69) is 0 Å². The average Bonchev–Trinajstić information content (AvgIpc) is 2.26. The molecule has 1 amide bonds. The molecule has 1 aromatic rings. The fourth-order valence-electron chi connectivity index (χ4n) is 2.54. The molecule has 0 atom stereocenters. The maximum atomic E-state index is 11.8. The number of aryl methyl sites for hydroxylation is 1. The number of rotatable bonds is 1. The number of nitrogens with zero attached hydrogens (tertiary/aromatic N) is 1. The highest BCUT2D eigenvalue weighted by Crippen LogP contribution is 2.29. The maximum Gasteiger partial charge on any atom is 0.163 e. The lowest BCUT2D eigenvalue weighted by molar-refractivity contribution is -0.247. The molecule has 4 heteroatoms. The van der Waals surface area contributed by atoms with Crippen molar-refractivity contribution in [3.63, 3.8) is 0 Å². The van der Waals surface area contributed by atoms with Crippen molar-refractivity contribution in [3.05, 3.63) is 29.3 Å².